The van der Waals surface area contributed by atoms with Crippen LogP contribution in [0.1, 0.15) is 69.7 Å². The predicted octanol–water partition coefficient (Wildman–Crippen LogP) is 3.93. The van der Waals surface area contributed by atoms with E-state index >= 15 is 0 Å². The second-order valence-electron chi connectivity index (χ2n) is 9.09. The molecule has 1 aromatic rings. The topological polar surface area (TPSA) is 87.7 Å². The zero-order valence-electron chi connectivity index (χ0n) is 20.4. The fourth-order valence-corrected chi connectivity index (χ4v) is 3.60. The van der Waals surface area contributed by atoms with E-state index < -0.39 is 29.7 Å². The molecule has 1 rings (SSSR count). The van der Waals surface area contributed by atoms with E-state index in [1.165, 1.54) is 4.90 Å². The van der Waals surface area contributed by atoms with Crippen molar-refractivity contribution in [3.63, 3.8) is 0 Å². The monoisotopic (exact) mass is 465 g/mol. The number of nitrogens with one attached hydrogen (secondary N) is 2. The quantitative estimate of drug-likeness (QED) is 0.361. The Hall–Kier alpha value is -2.22. The van der Waals surface area contributed by atoms with Crippen LogP contribution in [0.3, 0.4) is 0 Å². The van der Waals surface area contributed by atoms with E-state index in [1.54, 1.807) is 27.8 Å². The van der Waals surface area contributed by atoms with Crippen LogP contribution in [0.4, 0.5) is 4.79 Å². The third-order valence-electron chi connectivity index (χ3n) is 4.95. The van der Waals surface area contributed by atoms with Gasteiger partial charge in [0, 0.05) is 19.3 Å². The Kier molecular flexibility index (Phi) is 11.1. The van der Waals surface area contributed by atoms with Crippen molar-refractivity contribution in [2.45, 2.75) is 78.5 Å². The summed E-state index contributed by atoms with van der Waals surface area (Å²) in [5, 5.41) is 5.53. The van der Waals surface area contributed by atoms with Crippen LogP contribution in [0.2, 0.25) is 0 Å². The number of likely N-dealkylation sites (N-methyl/N-ethyl adjacent to an activating group) is 1. The van der Waals surface area contributed by atoms with E-state index in [2.05, 4.69) is 30.2 Å². The molecule has 0 saturated heterocycles. The average molecular weight is 466 g/mol. The Bertz CT molecular complexity index is 792. The summed E-state index contributed by atoms with van der Waals surface area (Å²) in [5.41, 5.74) is 2.04. The highest BCUT2D eigenvalue weighted by molar-refractivity contribution is 7.80. The maximum atomic E-state index is 13.3. The molecule has 32 heavy (non-hydrogen) atoms. The van der Waals surface area contributed by atoms with Crippen LogP contribution in [-0.2, 0) is 14.3 Å². The van der Waals surface area contributed by atoms with Crippen molar-refractivity contribution in [2.24, 2.45) is 0 Å². The largest absolute Gasteiger partial charge is 0.444 e. The van der Waals surface area contributed by atoms with Crippen LogP contribution in [-0.4, -0.2) is 53.8 Å². The third-order valence-corrected chi connectivity index (χ3v) is 5.32. The molecular formula is C24H39N3O4S. The van der Waals surface area contributed by atoms with Gasteiger partial charge in [0.05, 0.1) is 0 Å². The van der Waals surface area contributed by atoms with Crippen molar-refractivity contribution in [1.82, 2.24) is 15.5 Å². The molecule has 0 aromatic heterocycles. The Labute approximate surface area is 198 Å². The van der Waals surface area contributed by atoms with Gasteiger partial charge in [-0.15, -0.1) is 0 Å². The Morgan fingerprint density at radius 1 is 1.16 bits per heavy atom. The highest BCUT2D eigenvalue weighted by Crippen LogP contribution is 2.25. The number of nitrogens with zero attached hydrogens (tertiary/aromatic N) is 1. The first-order valence-corrected chi connectivity index (χ1v) is 11.8. The summed E-state index contributed by atoms with van der Waals surface area (Å²) in [7, 11) is 1.57. The molecule has 0 aliphatic heterocycles. The fraction of sp³-hybridized carbons (Fsp3) is 0.625. The van der Waals surface area contributed by atoms with Crippen LogP contribution >= 0.6 is 12.6 Å². The minimum absolute atomic E-state index is 0.0696. The lowest BCUT2D eigenvalue weighted by Gasteiger charge is -2.32. The van der Waals surface area contributed by atoms with Gasteiger partial charge in [-0.25, -0.2) is 4.79 Å². The Morgan fingerprint density at radius 3 is 2.34 bits per heavy atom. The smallest absolute Gasteiger partial charge is 0.408 e. The highest BCUT2D eigenvalue weighted by Gasteiger charge is 2.34. The molecule has 8 heteroatoms. The van der Waals surface area contributed by atoms with Crippen LogP contribution < -0.4 is 10.6 Å². The van der Waals surface area contributed by atoms with Crippen molar-refractivity contribution in [1.29, 1.82) is 0 Å². The zero-order valence-corrected chi connectivity index (χ0v) is 21.3. The normalized spacial score (nSPS) is 13.1. The first-order valence-electron chi connectivity index (χ1n) is 11.1. The number of aryl methyl sites for hydroxylation is 2. The molecule has 0 heterocycles. The lowest BCUT2D eigenvalue weighted by Crippen LogP contribution is -2.52. The number of benzene rings is 1. The molecule has 7 nitrogen and oxygen atoms in total. The molecule has 0 fully saturated rings. The molecule has 1 aromatic carbocycles. The molecule has 3 amide bonds. The molecule has 2 N–H and O–H groups in total. The van der Waals surface area contributed by atoms with E-state index in [0.29, 0.717) is 6.54 Å². The van der Waals surface area contributed by atoms with E-state index in [0.717, 1.165) is 36.0 Å². The minimum atomic E-state index is -0.931. The number of unbranched alkanes of at least 4 members (excludes halogenated alkanes) is 2. The summed E-state index contributed by atoms with van der Waals surface area (Å²) in [6.07, 6.45) is 2.24. The molecule has 0 bridgehead atoms. The highest BCUT2D eigenvalue weighted by atomic mass is 32.1. The van der Waals surface area contributed by atoms with Crippen molar-refractivity contribution in [3.05, 3.63) is 34.9 Å². The fourth-order valence-electron chi connectivity index (χ4n) is 3.35. The molecule has 0 aliphatic carbocycles. The summed E-state index contributed by atoms with van der Waals surface area (Å²) in [6, 6.07) is 4.03. The van der Waals surface area contributed by atoms with E-state index in [-0.39, 0.29) is 11.7 Å². The number of hydrogen-bond donors (Lipinski definition) is 3. The van der Waals surface area contributed by atoms with Crippen LogP contribution in [0, 0.1) is 13.8 Å². The zero-order chi connectivity index (χ0) is 24.5. The van der Waals surface area contributed by atoms with Gasteiger partial charge >= 0.3 is 6.09 Å². The van der Waals surface area contributed by atoms with Gasteiger partial charge < -0.3 is 20.3 Å². The van der Waals surface area contributed by atoms with Gasteiger partial charge in [0.1, 0.15) is 17.7 Å². The molecule has 2 atom stereocenters. The number of carbonyl (C=O) groups is 3. The van der Waals surface area contributed by atoms with Gasteiger partial charge in [0.25, 0.3) is 0 Å². The van der Waals surface area contributed by atoms with Crippen molar-refractivity contribution >= 4 is 30.5 Å². The molecular weight excluding hydrogens is 426 g/mol. The third kappa shape index (κ3) is 8.73. The summed E-state index contributed by atoms with van der Waals surface area (Å²) in [4.78, 5) is 40.0. The standard InChI is InChI=1S/C24H39N3O4S/c1-8-9-10-13-25-21(28)20(18-12-11-16(2)14-17(18)3)27(7)22(29)19(15-32)26-23(30)31-24(4,5)6/h11-12,14,19-20,32H,8-10,13,15H2,1-7H3,(H,25,28)(H,26,30). The lowest BCUT2D eigenvalue weighted by molar-refractivity contribution is -0.140. The van der Waals surface area contributed by atoms with Crippen LogP contribution in [0.15, 0.2) is 18.2 Å². The maximum absolute atomic E-state index is 13.3. The number of ether oxygens (including phenoxy) is 1. The van der Waals surface area contributed by atoms with E-state index in [9.17, 15) is 14.4 Å². The summed E-state index contributed by atoms with van der Waals surface area (Å²) >= 11 is 4.24. The van der Waals surface area contributed by atoms with Gasteiger partial charge in [0.15, 0.2) is 0 Å². The predicted molar refractivity (Wildman–Crippen MR) is 131 cm³/mol. The van der Waals surface area contributed by atoms with Crippen molar-refractivity contribution in [3.8, 4) is 0 Å². The molecule has 0 spiro atoms. The first kappa shape index (κ1) is 27.8. The lowest BCUT2D eigenvalue weighted by atomic mass is 9.97. The van der Waals surface area contributed by atoms with Gasteiger partial charge in [-0.3, -0.25) is 9.59 Å². The molecule has 0 radical (unpaired) electrons. The SMILES string of the molecule is CCCCCNC(=O)C(c1ccc(C)cc1C)N(C)C(=O)C(CS)NC(=O)OC(C)(C)C. The maximum Gasteiger partial charge on any atom is 0.408 e. The van der Waals surface area contributed by atoms with Crippen molar-refractivity contribution < 1.29 is 19.1 Å². The van der Waals surface area contributed by atoms with Gasteiger partial charge in [-0.2, -0.15) is 12.6 Å². The summed E-state index contributed by atoms with van der Waals surface area (Å²) in [6.45, 7) is 11.8. The second kappa shape index (κ2) is 12.7. The number of hydrogen-bond acceptors (Lipinski definition) is 5. The minimum Gasteiger partial charge on any atom is -0.444 e. The molecule has 2 unspecified atom stereocenters. The van der Waals surface area contributed by atoms with E-state index in [4.69, 9.17) is 4.74 Å². The number of alkyl carbamates (subject to hydrolysis) is 1. The van der Waals surface area contributed by atoms with Crippen LogP contribution in [0.5, 0.6) is 0 Å². The second-order valence-corrected chi connectivity index (χ2v) is 9.46. The molecule has 0 saturated carbocycles. The van der Waals surface area contributed by atoms with Gasteiger partial charge in [-0.05, 0) is 52.2 Å². The number of rotatable bonds is 10. The molecule has 180 valence electrons. The van der Waals surface area contributed by atoms with Crippen molar-refractivity contribution in [2.75, 3.05) is 19.3 Å². The average Bonchev–Trinajstić information content (AvgIpc) is 2.69. The Balaban J connectivity index is 3.13. The first-order chi connectivity index (χ1) is 14.9. The molecule has 0 aliphatic rings. The number of carbonyl (C=O) groups excluding carboxylic acids is 3. The number of amides is 3. The summed E-state index contributed by atoms with van der Waals surface area (Å²) < 4.78 is 5.27. The van der Waals surface area contributed by atoms with Crippen LogP contribution in [0.25, 0.3) is 0 Å². The van der Waals surface area contributed by atoms with E-state index in [1.807, 2.05) is 32.0 Å². The van der Waals surface area contributed by atoms with Gasteiger partial charge in [-0.1, -0.05) is 43.5 Å². The Morgan fingerprint density at radius 2 is 1.81 bits per heavy atom. The summed E-state index contributed by atoms with van der Waals surface area (Å²) in [5.74, 6) is -0.598. The number of thiol groups is 1. The van der Waals surface area contributed by atoms with Gasteiger partial charge in [0.2, 0.25) is 11.8 Å².